The highest BCUT2D eigenvalue weighted by Crippen LogP contribution is 2.23. The van der Waals surface area contributed by atoms with Crippen LogP contribution >= 0.6 is 22.6 Å². The van der Waals surface area contributed by atoms with Crippen molar-refractivity contribution in [2.24, 2.45) is 0 Å². The molecule has 0 aliphatic rings. The summed E-state index contributed by atoms with van der Waals surface area (Å²) in [5.74, 6) is 1.10. The molecule has 2 aromatic carbocycles. The third-order valence-corrected chi connectivity index (χ3v) is 5.37. The van der Waals surface area contributed by atoms with Crippen LogP contribution in [0.15, 0.2) is 36.4 Å². The van der Waals surface area contributed by atoms with Gasteiger partial charge in [0.2, 0.25) is 0 Å². The molecule has 0 aromatic heterocycles. The number of ether oxygens (including phenoxy) is 1. The molecule has 1 N–H and O–H groups in total. The molecule has 4 heteroatoms. The van der Waals surface area contributed by atoms with Crippen LogP contribution in [0.5, 0.6) is 5.75 Å². The van der Waals surface area contributed by atoms with E-state index in [1.165, 1.54) is 9.13 Å². The molecular formula is C20H24INO2. The van der Waals surface area contributed by atoms with Gasteiger partial charge in [-0.05, 0) is 89.7 Å². The summed E-state index contributed by atoms with van der Waals surface area (Å²) in [7, 11) is 0. The van der Waals surface area contributed by atoms with E-state index >= 15 is 0 Å². The van der Waals surface area contributed by atoms with E-state index in [4.69, 9.17) is 4.74 Å². The summed E-state index contributed by atoms with van der Waals surface area (Å²) in [4.78, 5) is 12.1. The quantitative estimate of drug-likeness (QED) is 0.612. The lowest BCUT2D eigenvalue weighted by molar-refractivity contribution is -0.118. The van der Waals surface area contributed by atoms with Crippen molar-refractivity contribution in [3.8, 4) is 5.75 Å². The first-order valence-electron chi connectivity index (χ1n) is 8.20. The Morgan fingerprint density at radius 2 is 1.83 bits per heavy atom. The van der Waals surface area contributed by atoms with Gasteiger partial charge in [0.05, 0.1) is 0 Å². The van der Waals surface area contributed by atoms with E-state index in [-0.39, 0.29) is 12.5 Å². The van der Waals surface area contributed by atoms with Crippen LogP contribution in [0.3, 0.4) is 0 Å². The lowest BCUT2D eigenvalue weighted by atomic mass is 9.99. The second-order valence-electron chi connectivity index (χ2n) is 6.13. The Kier molecular flexibility index (Phi) is 6.66. The van der Waals surface area contributed by atoms with Crippen LogP contribution in [0.25, 0.3) is 0 Å². The molecule has 0 saturated carbocycles. The average molecular weight is 437 g/mol. The minimum absolute atomic E-state index is 0.00710. The van der Waals surface area contributed by atoms with Gasteiger partial charge >= 0.3 is 0 Å². The molecule has 0 spiro atoms. The van der Waals surface area contributed by atoms with Gasteiger partial charge in [0, 0.05) is 9.26 Å². The van der Waals surface area contributed by atoms with Gasteiger partial charge < -0.3 is 10.1 Å². The molecule has 24 heavy (non-hydrogen) atoms. The van der Waals surface area contributed by atoms with Gasteiger partial charge in [0.25, 0.3) is 5.91 Å². The normalized spacial score (nSPS) is 11.9. The van der Waals surface area contributed by atoms with Gasteiger partial charge in [0.1, 0.15) is 5.75 Å². The summed E-state index contributed by atoms with van der Waals surface area (Å²) in [5.41, 5.74) is 4.34. The third kappa shape index (κ3) is 4.97. The van der Waals surface area contributed by atoms with Gasteiger partial charge in [-0.1, -0.05) is 26.0 Å². The summed E-state index contributed by atoms with van der Waals surface area (Å²) < 4.78 is 6.78. The number of benzene rings is 2. The van der Waals surface area contributed by atoms with Crippen molar-refractivity contribution in [1.82, 2.24) is 0 Å². The zero-order valence-electron chi connectivity index (χ0n) is 14.7. The van der Waals surface area contributed by atoms with E-state index in [1.807, 2.05) is 32.0 Å². The van der Waals surface area contributed by atoms with E-state index in [9.17, 15) is 4.79 Å². The van der Waals surface area contributed by atoms with Crippen molar-refractivity contribution in [2.45, 2.75) is 40.0 Å². The second kappa shape index (κ2) is 8.51. The van der Waals surface area contributed by atoms with Crippen molar-refractivity contribution in [2.75, 3.05) is 11.9 Å². The highest BCUT2D eigenvalue weighted by Gasteiger charge is 2.08. The Hall–Kier alpha value is -1.56. The summed E-state index contributed by atoms with van der Waals surface area (Å²) >= 11 is 2.30. The molecule has 2 rings (SSSR count). The standard InChI is InChI=1S/C20H24INO2/c1-5-13(2)16-6-8-17(9-7-16)24-12-20(23)22-19-11-14(3)18(21)10-15(19)4/h6-11,13H,5,12H2,1-4H3,(H,22,23)/t13-/m1/s1. The number of aryl methyl sites for hydroxylation is 2. The van der Waals surface area contributed by atoms with Gasteiger partial charge in [-0.15, -0.1) is 0 Å². The summed E-state index contributed by atoms with van der Waals surface area (Å²) in [6, 6.07) is 12.0. The molecule has 0 aliphatic carbocycles. The molecule has 0 heterocycles. The molecule has 1 atom stereocenters. The highest BCUT2D eigenvalue weighted by molar-refractivity contribution is 14.1. The number of anilines is 1. The molecule has 0 aliphatic heterocycles. The molecule has 0 saturated heterocycles. The van der Waals surface area contributed by atoms with Crippen molar-refractivity contribution < 1.29 is 9.53 Å². The first kappa shape index (κ1) is 18.8. The molecule has 128 valence electrons. The average Bonchev–Trinajstić information content (AvgIpc) is 2.57. The Balaban J connectivity index is 1.93. The largest absolute Gasteiger partial charge is 0.484 e. The molecule has 0 radical (unpaired) electrons. The Labute approximate surface area is 157 Å². The first-order chi connectivity index (χ1) is 11.4. The zero-order valence-corrected chi connectivity index (χ0v) is 16.8. The second-order valence-corrected chi connectivity index (χ2v) is 7.29. The van der Waals surface area contributed by atoms with E-state index in [1.54, 1.807) is 0 Å². The molecule has 1 amide bonds. The van der Waals surface area contributed by atoms with E-state index in [2.05, 4.69) is 60.0 Å². The fourth-order valence-electron chi connectivity index (χ4n) is 2.38. The Bertz CT molecular complexity index is 710. The van der Waals surface area contributed by atoms with E-state index in [0.29, 0.717) is 11.7 Å². The van der Waals surface area contributed by atoms with Gasteiger partial charge in [-0.2, -0.15) is 0 Å². The lowest BCUT2D eigenvalue weighted by Crippen LogP contribution is -2.20. The van der Waals surface area contributed by atoms with Crippen molar-refractivity contribution in [3.63, 3.8) is 0 Å². The smallest absolute Gasteiger partial charge is 0.262 e. The summed E-state index contributed by atoms with van der Waals surface area (Å²) in [6.45, 7) is 8.41. The Morgan fingerprint density at radius 1 is 1.17 bits per heavy atom. The number of carbonyl (C=O) groups is 1. The predicted octanol–water partition coefficient (Wildman–Crippen LogP) is 5.44. The fraction of sp³-hybridized carbons (Fsp3) is 0.350. The van der Waals surface area contributed by atoms with Crippen LogP contribution in [0.4, 0.5) is 5.69 Å². The number of carbonyl (C=O) groups excluding carboxylic acids is 1. The highest BCUT2D eigenvalue weighted by atomic mass is 127. The third-order valence-electron chi connectivity index (χ3n) is 4.21. The van der Waals surface area contributed by atoms with Crippen LogP contribution in [0.1, 0.15) is 42.9 Å². The van der Waals surface area contributed by atoms with Crippen LogP contribution in [0, 0.1) is 17.4 Å². The van der Waals surface area contributed by atoms with Gasteiger partial charge in [-0.3, -0.25) is 4.79 Å². The fourth-order valence-corrected chi connectivity index (χ4v) is 3.00. The van der Waals surface area contributed by atoms with E-state index < -0.39 is 0 Å². The Morgan fingerprint density at radius 3 is 2.46 bits per heavy atom. The number of hydrogen-bond donors (Lipinski definition) is 1. The predicted molar refractivity (Wildman–Crippen MR) is 108 cm³/mol. The van der Waals surface area contributed by atoms with Crippen molar-refractivity contribution in [3.05, 3.63) is 56.7 Å². The molecule has 2 aromatic rings. The monoisotopic (exact) mass is 437 g/mol. The maximum atomic E-state index is 12.1. The van der Waals surface area contributed by atoms with Crippen molar-refractivity contribution in [1.29, 1.82) is 0 Å². The SMILES string of the molecule is CC[C@@H](C)c1ccc(OCC(=O)Nc2cc(C)c(I)cc2C)cc1. The maximum absolute atomic E-state index is 12.1. The lowest BCUT2D eigenvalue weighted by Gasteiger charge is -2.12. The maximum Gasteiger partial charge on any atom is 0.262 e. The van der Waals surface area contributed by atoms with E-state index in [0.717, 1.165) is 23.2 Å². The van der Waals surface area contributed by atoms with Crippen LogP contribution in [-0.2, 0) is 4.79 Å². The van der Waals surface area contributed by atoms with Crippen LogP contribution in [0.2, 0.25) is 0 Å². The van der Waals surface area contributed by atoms with Gasteiger partial charge in [0.15, 0.2) is 6.61 Å². The topological polar surface area (TPSA) is 38.3 Å². The zero-order chi connectivity index (χ0) is 17.7. The minimum Gasteiger partial charge on any atom is -0.484 e. The molecule has 0 unspecified atom stereocenters. The summed E-state index contributed by atoms with van der Waals surface area (Å²) in [5, 5.41) is 2.92. The number of amides is 1. The molecule has 0 bridgehead atoms. The van der Waals surface area contributed by atoms with Crippen LogP contribution < -0.4 is 10.1 Å². The number of hydrogen-bond acceptors (Lipinski definition) is 2. The molecule has 0 fully saturated rings. The number of rotatable bonds is 6. The summed E-state index contributed by atoms with van der Waals surface area (Å²) in [6.07, 6.45) is 1.11. The molecule has 3 nitrogen and oxygen atoms in total. The van der Waals surface area contributed by atoms with Crippen LogP contribution in [-0.4, -0.2) is 12.5 Å². The first-order valence-corrected chi connectivity index (χ1v) is 9.28. The van der Waals surface area contributed by atoms with Crippen molar-refractivity contribution >= 4 is 34.2 Å². The molecular weight excluding hydrogens is 413 g/mol. The minimum atomic E-state index is -0.148. The number of nitrogens with one attached hydrogen (secondary N) is 1. The van der Waals surface area contributed by atoms with Gasteiger partial charge in [-0.25, -0.2) is 0 Å². The number of halogens is 1.